The van der Waals surface area contributed by atoms with Gasteiger partial charge >= 0.3 is 6.18 Å². The number of aliphatic hydroxyl groups excluding tert-OH is 1. The minimum Gasteiger partial charge on any atom is -0.487 e. The Bertz CT molecular complexity index is 1110. The first-order chi connectivity index (χ1) is 16.7. The molecule has 1 heterocycles. The van der Waals surface area contributed by atoms with Gasteiger partial charge in [0.2, 0.25) is 5.89 Å². The molecule has 0 aliphatic rings. The van der Waals surface area contributed by atoms with Crippen molar-refractivity contribution >= 4 is 12.2 Å². The van der Waals surface area contributed by atoms with Crippen LogP contribution in [0.15, 0.2) is 71.6 Å². The number of rotatable bonds is 11. The van der Waals surface area contributed by atoms with E-state index in [4.69, 9.17) is 20.7 Å². The second kappa shape index (κ2) is 12.1. The normalized spacial score (nSPS) is 12.9. The summed E-state index contributed by atoms with van der Waals surface area (Å²) >= 11 is 0. The fraction of sp³-hybridized carbons (Fsp3) is 0.240. The van der Waals surface area contributed by atoms with E-state index in [9.17, 15) is 18.3 Å². The van der Waals surface area contributed by atoms with Crippen molar-refractivity contribution in [2.75, 3.05) is 6.54 Å². The Labute approximate surface area is 201 Å². The van der Waals surface area contributed by atoms with Gasteiger partial charge in [0.05, 0.1) is 11.7 Å². The van der Waals surface area contributed by atoms with Crippen molar-refractivity contribution in [3.05, 3.63) is 95.5 Å². The number of hydrazine groups is 1. The predicted octanol–water partition coefficient (Wildman–Crippen LogP) is 4.86. The number of nitrogens with two attached hydrogens (primary N) is 2. The third kappa shape index (κ3) is 8.20. The molecule has 1 aromatic heterocycles. The van der Waals surface area contributed by atoms with Crippen LogP contribution < -0.4 is 16.3 Å². The molecule has 5 N–H and O–H groups in total. The number of aliphatic hydroxyl groups is 1. The highest BCUT2D eigenvalue weighted by Crippen LogP contribution is 2.29. The Morgan fingerprint density at radius 3 is 2.46 bits per heavy atom. The predicted molar refractivity (Wildman–Crippen MR) is 126 cm³/mol. The topological polar surface area (TPSA) is 111 Å². The van der Waals surface area contributed by atoms with E-state index in [0.717, 1.165) is 17.7 Å². The molecule has 3 aromatic rings. The van der Waals surface area contributed by atoms with Crippen molar-refractivity contribution in [1.29, 1.82) is 0 Å². The summed E-state index contributed by atoms with van der Waals surface area (Å²) in [5, 5.41) is 11.8. The number of oxazole rings is 1. The van der Waals surface area contributed by atoms with Gasteiger partial charge in [0, 0.05) is 25.0 Å². The minimum absolute atomic E-state index is 0.167. The lowest BCUT2D eigenvalue weighted by atomic mass is 10.0. The maximum atomic E-state index is 12.6. The van der Waals surface area contributed by atoms with Crippen molar-refractivity contribution in [1.82, 2.24) is 9.99 Å². The zero-order valence-electron chi connectivity index (χ0n) is 18.9. The third-order valence-electron chi connectivity index (χ3n) is 5.05. The smallest absolute Gasteiger partial charge is 0.416 e. The maximum absolute atomic E-state index is 12.6. The van der Waals surface area contributed by atoms with Crippen LogP contribution in [-0.2, 0) is 12.8 Å². The average molecular weight is 489 g/mol. The monoisotopic (exact) mass is 488 g/mol. The van der Waals surface area contributed by atoms with Crippen molar-refractivity contribution in [3.63, 3.8) is 0 Å². The lowest BCUT2D eigenvalue weighted by Crippen LogP contribution is -2.26. The number of aromatic nitrogens is 1. The second-order valence-electron chi connectivity index (χ2n) is 7.73. The van der Waals surface area contributed by atoms with Crippen LogP contribution >= 0.6 is 0 Å². The van der Waals surface area contributed by atoms with Gasteiger partial charge in [0.25, 0.3) is 0 Å². The number of nitrogens with zero attached hydrogens (tertiary/aromatic N) is 2. The molecule has 0 amide bonds. The van der Waals surface area contributed by atoms with Crippen LogP contribution in [0.3, 0.4) is 0 Å². The first-order valence-electron chi connectivity index (χ1n) is 10.8. The van der Waals surface area contributed by atoms with Gasteiger partial charge < -0.3 is 25.0 Å². The van der Waals surface area contributed by atoms with Crippen LogP contribution in [0.4, 0.5) is 13.2 Å². The van der Waals surface area contributed by atoms with E-state index < -0.39 is 17.8 Å². The molecule has 0 fully saturated rings. The Hall–Kier alpha value is -3.76. The summed E-state index contributed by atoms with van der Waals surface area (Å²) in [7, 11) is 0. The zero-order chi connectivity index (χ0) is 25.3. The fourth-order valence-electron chi connectivity index (χ4n) is 3.18. The standard InChI is InChI=1S/C25H27F3N4O3/c26-25(27,28)20-8-3-18(4-9-20)5-12-24-31-21(17-35-24)16-34-22-10-6-19(7-11-22)23(33)2-1-14-32(30)15-13-29/h3-13,15,17,23,33H,1-2,14,16,29-30H2/b12-5+,15-13-. The van der Waals surface area contributed by atoms with Crippen LogP contribution in [0.5, 0.6) is 5.75 Å². The molecule has 186 valence electrons. The summed E-state index contributed by atoms with van der Waals surface area (Å²) in [5.74, 6) is 6.60. The molecule has 0 saturated carbocycles. The van der Waals surface area contributed by atoms with Gasteiger partial charge in [0.1, 0.15) is 24.3 Å². The van der Waals surface area contributed by atoms with Crippen LogP contribution in [-0.4, -0.2) is 21.6 Å². The van der Waals surface area contributed by atoms with E-state index >= 15 is 0 Å². The first-order valence-corrected chi connectivity index (χ1v) is 10.8. The van der Waals surface area contributed by atoms with E-state index in [-0.39, 0.29) is 6.61 Å². The van der Waals surface area contributed by atoms with Crippen molar-refractivity contribution in [2.45, 2.75) is 31.7 Å². The highest BCUT2D eigenvalue weighted by Gasteiger charge is 2.29. The summed E-state index contributed by atoms with van der Waals surface area (Å²) in [6.07, 6.45) is 3.81. The Morgan fingerprint density at radius 2 is 1.80 bits per heavy atom. The fourth-order valence-corrected chi connectivity index (χ4v) is 3.18. The zero-order valence-corrected chi connectivity index (χ0v) is 18.9. The Balaban J connectivity index is 1.46. The molecular formula is C25H27F3N4O3. The van der Waals surface area contributed by atoms with Crippen LogP contribution in [0.1, 0.15) is 47.2 Å². The number of hydrogen-bond acceptors (Lipinski definition) is 7. The largest absolute Gasteiger partial charge is 0.487 e. The van der Waals surface area contributed by atoms with Crippen LogP contribution in [0.2, 0.25) is 0 Å². The van der Waals surface area contributed by atoms with Crippen molar-refractivity contribution in [3.8, 4) is 5.75 Å². The van der Waals surface area contributed by atoms with Crippen molar-refractivity contribution in [2.24, 2.45) is 11.6 Å². The minimum atomic E-state index is -4.37. The van der Waals surface area contributed by atoms with Gasteiger partial charge in [0.15, 0.2) is 0 Å². The molecule has 1 atom stereocenters. The number of hydrogen-bond donors (Lipinski definition) is 3. The molecule has 0 bridgehead atoms. The number of ether oxygens (including phenoxy) is 1. The van der Waals surface area contributed by atoms with E-state index in [2.05, 4.69) is 4.98 Å². The van der Waals surface area contributed by atoms with Crippen molar-refractivity contribution < 1.29 is 27.4 Å². The molecule has 0 aliphatic heterocycles. The molecule has 1 unspecified atom stereocenters. The number of alkyl halides is 3. The molecule has 0 saturated heterocycles. The van der Waals surface area contributed by atoms with E-state index in [0.29, 0.717) is 42.3 Å². The summed E-state index contributed by atoms with van der Waals surface area (Å²) in [4.78, 5) is 4.28. The summed E-state index contributed by atoms with van der Waals surface area (Å²) in [6, 6.07) is 11.9. The summed E-state index contributed by atoms with van der Waals surface area (Å²) < 4.78 is 49.0. The maximum Gasteiger partial charge on any atom is 0.416 e. The Kier molecular flexibility index (Phi) is 8.93. The molecule has 35 heavy (non-hydrogen) atoms. The highest BCUT2D eigenvalue weighted by atomic mass is 19.4. The quantitative estimate of drug-likeness (QED) is 0.261. The molecule has 10 heteroatoms. The molecular weight excluding hydrogens is 461 g/mol. The van der Waals surface area contributed by atoms with Crippen LogP contribution in [0.25, 0.3) is 12.2 Å². The van der Waals surface area contributed by atoms with Gasteiger partial charge in [-0.1, -0.05) is 24.3 Å². The summed E-state index contributed by atoms with van der Waals surface area (Å²) in [5.41, 5.74) is 6.49. The molecule has 0 spiro atoms. The molecule has 2 aromatic carbocycles. The average Bonchev–Trinajstić information content (AvgIpc) is 3.29. The van der Waals surface area contributed by atoms with Crippen LogP contribution in [0, 0.1) is 0 Å². The van der Waals surface area contributed by atoms with Gasteiger partial charge in [-0.25, -0.2) is 10.8 Å². The number of benzene rings is 2. The lowest BCUT2D eigenvalue weighted by molar-refractivity contribution is -0.137. The van der Waals surface area contributed by atoms with Gasteiger partial charge in [-0.2, -0.15) is 13.2 Å². The third-order valence-corrected chi connectivity index (χ3v) is 5.05. The first kappa shape index (κ1) is 25.9. The van der Waals surface area contributed by atoms with Gasteiger partial charge in [-0.15, -0.1) is 0 Å². The number of halogens is 3. The van der Waals surface area contributed by atoms with E-state index in [1.54, 1.807) is 42.6 Å². The summed E-state index contributed by atoms with van der Waals surface area (Å²) in [6.45, 7) is 0.742. The lowest BCUT2D eigenvalue weighted by Gasteiger charge is -2.15. The Morgan fingerprint density at radius 1 is 1.09 bits per heavy atom. The molecule has 0 radical (unpaired) electrons. The second-order valence-corrected chi connectivity index (χ2v) is 7.73. The SMILES string of the molecule is N/C=C\N(N)CCCC(O)c1ccc(OCc2coc(/C=C/c3ccc(C(F)(F)F)cc3)n2)cc1. The highest BCUT2D eigenvalue weighted by molar-refractivity contribution is 5.66. The molecule has 0 aliphatic carbocycles. The van der Waals surface area contributed by atoms with Gasteiger partial charge in [-0.05, 0) is 54.3 Å². The van der Waals surface area contributed by atoms with Gasteiger partial charge in [-0.3, -0.25) is 0 Å². The molecule has 7 nitrogen and oxygen atoms in total. The van der Waals surface area contributed by atoms with E-state index in [1.165, 1.54) is 29.6 Å². The van der Waals surface area contributed by atoms with E-state index in [1.807, 2.05) is 0 Å². The molecule has 3 rings (SSSR count).